The molecule has 0 atom stereocenters. The average Bonchev–Trinajstić information content (AvgIpc) is 1.50. The van der Waals surface area contributed by atoms with E-state index in [-0.39, 0.29) is 6.71 Å². The number of ether oxygens (including phenoxy) is 2. The molecule has 0 aliphatic carbocycles. The van der Waals surface area contributed by atoms with E-state index < -0.39 is 5.41 Å². The summed E-state index contributed by atoms with van der Waals surface area (Å²) in [6, 6.07) is 140. The highest BCUT2D eigenvalue weighted by atomic mass is 16.5. The second kappa shape index (κ2) is 25.1. The van der Waals surface area contributed by atoms with E-state index in [4.69, 9.17) is 9.47 Å². The Morgan fingerprint density at radius 2 is 0.593 bits per heavy atom. The van der Waals surface area contributed by atoms with Crippen molar-refractivity contribution in [3.8, 4) is 123 Å². The van der Waals surface area contributed by atoms with Gasteiger partial charge in [0.1, 0.15) is 23.0 Å². The summed E-state index contributed by atoms with van der Waals surface area (Å²) in [7, 11) is 0. The molecule has 0 unspecified atom stereocenters. The van der Waals surface area contributed by atoms with Gasteiger partial charge in [-0.2, -0.15) is 0 Å². The number of rotatable bonds is 6. The maximum Gasteiger partial charge on any atom is 0.252 e. The molecule has 0 fully saturated rings. The number of nitrogens with zero attached hydrogens (tertiary/aromatic N) is 4. The minimum Gasteiger partial charge on any atom is -0.456 e. The fourth-order valence-corrected chi connectivity index (χ4v) is 19.1. The molecule has 113 heavy (non-hydrogen) atoms. The quantitative estimate of drug-likeness (QED) is 0.155. The number of anilines is 6. The van der Waals surface area contributed by atoms with E-state index in [1.165, 1.54) is 11.0 Å². The Balaban J connectivity index is 0.928. The number of aromatic nitrogens is 2. The van der Waals surface area contributed by atoms with E-state index in [1.54, 1.807) is 0 Å². The topological polar surface area (TPSA) is 34.8 Å². The maximum absolute atomic E-state index is 7.95. The van der Waals surface area contributed by atoms with Gasteiger partial charge in [-0.3, -0.25) is 0 Å². The first-order chi connectivity index (χ1) is 55.8. The summed E-state index contributed by atoms with van der Waals surface area (Å²) in [5.74, 6) is 3.03. The Bertz CT molecular complexity index is 6730. The van der Waals surface area contributed by atoms with Crippen LogP contribution in [0.15, 0.2) is 376 Å². The monoisotopic (exact) mass is 1440 g/mol. The van der Waals surface area contributed by atoms with Crippen LogP contribution in [0.3, 0.4) is 0 Å². The van der Waals surface area contributed by atoms with Crippen molar-refractivity contribution >= 4 is 101 Å². The lowest BCUT2D eigenvalue weighted by Crippen LogP contribution is -2.62. The number of hydrogen-bond acceptors (Lipinski definition) is 4. The third-order valence-corrected chi connectivity index (χ3v) is 24.0. The second-order valence-corrected chi connectivity index (χ2v) is 31.3. The van der Waals surface area contributed by atoms with Gasteiger partial charge in [0, 0.05) is 99.9 Å². The molecule has 0 bridgehead atoms. The normalized spacial score (nSPS) is 12.8. The highest BCUT2D eigenvalue weighted by molar-refractivity contribution is 7.00. The molecule has 4 aliphatic rings. The van der Waals surface area contributed by atoms with Crippen LogP contribution in [0.1, 0.15) is 26.3 Å². The molecule has 530 valence electrons. The van der Waals surface area contributed by atoms with Crippen LogP contribution in [0.4, 0.5) is 34.1 Å². The Morgan fingerprint density at radius 3 is 1.00 bits per heavy atom. The van der Waals surface area contributed by atoms with Crippen LogP contribution in [-0.4, -0.2) is 15.8 Å². The summed E-state index contributed by atoms with van der Waals surface area (Å²) in [4.78, 5) is 5.49. The van der Waals surface area contributed by atoms with Gasteiger partial charge in [-0.1, -0.05) is 312 Å². The third-order valence-electron chi connectivity index (χ3n) is 24.0. The lowest BCUT2D eigenvalue weighted by Gasteiger charge is -2.48. The molecule has 0 saturated heterocycles. The lowest BCUT2D eigenvalue weighted by atomic mass is 9.33. The van der Waals surface area contributed by atoms with Gasteiger partial charge < -0.3 is 28.4 Å². The van der Waals surface area contributed by atoms with E-state index in [2.05, 4.69) is 416 Å². The van der Waals surface area contributed by atoms with E-state index in [0.717, 1.165) is 212 Å². The molecule has 4 aliphatic heterocycles. The van der Waals surface area contributed by atoms with E-state index in [9.17, 15) is 0 Å². The fourth-order valence-electron chi connectivity index (χ4n) is 19.1. The van der Waals surface area contributed by atoms with Crippen LogP contribution in [-0.2, 0) is 5.41 Å². The van der Waals surface area contributed by atoms with Gasteiger partial charge in [0.05, 0.1) is 44.8 Å². The summed E-state index contributed by atoms with van der Waals surface area (Å²) < 4.78 is 20.8. The van der Waals surface area contributed by atoms with Gasteiger partial charge in [0.15, 0.2) is 0 Å². The predicted molar refractivity (Wildman–Crippen MR) is 471 cm³/mol. The largest absolute Gasteiger partial charge is 0.456 e. The molecule has 0 N–H and O–H groups in total. The van der Waals surface area contributed by atoms with Gasteiger partial charge in [-0.25, -0.2) is 0 Å². The van der Waals surface area contributed by atoms with Gasteiger partial charge in [-0.05, 0) is 146 Å². The van der Waals surface area contributed by atoms with Crippen LogP contribution >= 0.6 is 0 Å². The van der Waals surface area contributed by atoms with Gasteiger partial charge in [-0.15, -0.1) is 0 Å². The highest BCUT2D eigenvalue weighted by Gasteiger charge is 2.49. The number of hydrogen-bond donors (Lipinski definition) is 0. The lowest BCUT2D eigenvalue weighted by molar-refractivity contribution is 0.487. The van der Waals surface area contributed by atoms with Crippen molar-refractivity contribution in [3.05, 3.63) is 382 Å². The number of fused-ring (bicyclic) bond motifs is 22. The van der Waals surface area contributed by atoms with Crippen molar-refractivity contribution in [2.75, 3.05) is 9.80 Å². The molecule has 7 heteroatoms. The van der Waals surface area contributed by atoms with E-state index in [0.29, 0.717) is 0 Å². The van der Waals surface area contributed by atoms with Crippen molar-refractivity contribution in [3.63, 3.8) is 0 Å². The van der Waals surface area contributed by atoms with Crippen LogP contribution in [0.5, 0.6) is 23.0 Å². The zero-order valence-electron chi connectivity index (χ0n) is 62.5. The van der Waals surface area contributed by atoms with E-state index in [1.807, 2.05) is 0 Å². The fraction of sp³-hybridized carbons (Fsp3) is 0.0377. The molecule has 0 saturated carbocycles. The first-order valence-corrected chi connectivity index (χ1v) is 39.2. The molecular formula is C106H71BN4O2. The molecule has 0 spiro atoms. The maximum atomic E-state index is 7.95. The van der Waals surface area contributed by atoms with Crippen molar-refractivity contribution in [1.82, 2.24) is 9.13 Å². The Labute approximate surface area is 656 Å². The minimum absolute atomic E-state index is 0.382. The van der Waals surface area contributed by atoms with Gasteiger partial charge in [0.25, 0.3) is 6.71 Å². The molecule has 0 radical (unpaired) electrons. The van der Waals surface area contributed by atoms with Crippen molar-refractivity contribution in [1.29, 1.82) is 0 Å². The number of para-hydroxylation sites is 8. The highest BCUT2D eigenvalue weighted by Crippen LogP contribution is 2.62. The number of benzene rings is 17. The van der Waals surface area contributed by atoms with Crippen molar-refractivity contribution < 1.29 is 9.47 Å². The van der Waals surface area contributed by atoms with Gasteiger partial charge in [0.2, 0.25) is 0 Å². The standard InChI is InChI=1S/C106H71BN4O2/c1-106(2,3)70-60-93-101-94(61-70)111-103-76(69-38-16-7-17-39-69)49-31-51-80(103)86-63-92-84(78-45-23-27-53-90(78)109(92)72-42-20-9-21-43-72)65-98(86)113-96-55-29-25-47-82(96)100-74(67-34-12-5-13-35-67)57-59-88(105(100)111)107(101)87-58-56-73(66-32-10-4-11-33-66)99-81-46-24-28-54-95(81)112-97-64-83-77-44-22-26-52-89(77)108(71-40-18-8-19-41-71)91(83)62-85(97)79-50-30-48-75(68-36-14-6-15-37-68)102(79)110(93)104(87)99/h4-65H,1-3H3. The summed E-state index contributed by atoms with van der Waals surface area (Å²) >= 11 is 0. The summed E-state index contributed by atoms with van der Waals surface area (Å²) in [5.41, 5.74) is 34.1. The van der Waals surface area contributed by atoms with Crippen LogP contribution < -0.4 is 35.7 Å². The minimum atomic E-state index is -0.421. The molecule has 19 aromatic rings. The summed E-state index contributed by atoms with van der Waals surface area (Å²) in [6.45, 7) is 6.80. The van der Waals surface area contributed by atoms with Crippen LogP contribution in [0, 0.1) is 0 Å². The molecule has 2 aromatic heterocycles. The molecule has 0 amide bonds. The zero-order chi connectivity index (χ0) is 74.7. The molecule has 6 nitrogen and oxygen atoms in total. The predicted octanol–water partition coefficient (Wildman–Crippen LogP) is 26.8. The molecule has 6 heterocycles. The Morgan fingerprint density at radius 1 is 0.248 bits per heavy atom. The van der Waals surface area contributed by atoms with E-state index >= 15 is 0 Å². The Hall–Kier alpha value is -14.4. The van der Waals surface area contributed by atoms with Crippen molar-refractivity contribution in [2.45, 2.75) is 26.2 Å². The Kier molecular flexibility index (Phi) is 14.3. The summed E-state index contributed by atoms with van der Waals surface area (Å²) in [6.07, 6.45) is 0. The molecule has 17 aromatic carbocycles. The smallest absolute Gasteiger partial charge is 0.252 e. The van der Waals surface area contributed by atoms with Crippen LogP contribution in [0.2, 0.25) is 0 Å². The SMILES string of the molecule is CC(C)(C)c1cc2c3c(c1)N1c4c(-c5ccccc5)cccc4-c4cc5c(cc4Oc4ccccc4-c4c(-c6ccccc6)ccc(c41)B3c1ccc(-c3ccccc3)c3c1N2c1c(-c2ccccc2)cccc1-c1cc2c(cc1Oc1ccccc1-3)c1ccccc1n2-c1ccccc1)c1ccccc1n5-c1ccccc1. The van der Waals surface area contributed by atoms with Crippen LogP contribution in [0.25, 0.3) is 144 Å². The van der Waals surface area contributed by atoms with Crippen molar-refractivity contribution in [2.24, 2.45) is 0 Å². The average molecular weight is 1440 g/mol. The third kappa shape index (κ3) is 9.81. The molecule has 23 rings (SSSR count). The first-order valence-electron chi connectivity index (χ1n) is 39.2. The zero-order valence-corrected chi connectivity index (χ0v) is 62.5. The summed E-state index contributed by atoms with van der Waals surface area (Å²) in [5, 5.41) is 4.49. The molecular weight excluding hydrogens is 1370 g/mol. The second-order valence-electron chi connectivity index (χ2n) is 31.3. The first kappa shape index (κ1) is 64.6. The van der Waals surface area contributed by atoms with Gasteiger partial charge >= 0.3 is 0 Å².